The summed E-state index contributed by atoms with van der Waals surface area (Å²) in [6.45, 7) is 10.7. The zero-order chi connectivity index (χ0) is 14.3. The summed E-state index contributed by atoms with van der Waals surface area (Å²) in [6.07, 6.45) is 1.75. The van der Waals surface area contributed by atoms with Crippen molar-refractivity contribution in [3.8, 4) is 0 Å². The molecule has 1 rings (SSSR count). The molecular weight excluding hydrogens is 369 g/mol. The van der Waals surface area contributed by atoms with Gasteiger partial charge in [0.1, 0.15) is 17.1 Å². The molecule has 0 saturated heterocycles. The van der Waals surface area contributed by atoms with Crippen LogP contribution in [-0.4, -0.2) is 30.7 Å². The van der Waals surface area contributed by atoms with Crippen LogP contribution in [0.25, 0.3) is 0 Å². The van der Waals surface area contributed by atoms with Crippen LogP contribution in [0.4, 0.5) is 0 Å². The number of furan rings is 1. The van der Waals surface area contributed by atoms with Gasteiger partial charge in [0.05, 0.1) is 6.54 Å². The first-order valence-electron chi connectivity index (χ1n) is 6.42. The average Bonchev–Trinajstić information content (AvgIpc) is 2.80. The van der Waals surface area contributed by atoms with E-state index in [4.69, 9.17) is 4.42 Å². The first kappa shape index (κ1) is 19.0. The van der Waals surface area contributed by atoms with Crippen molar-refractivity contribution in [3.63, 3.8) is 0 Å². The van der Waals surface area contributed by atoms with Crippen molar-refractivity contribution in [3.05, 3.63) is 36.3 Å². The van der Waals surface area contributed by atoms with E-state index in [1.807, 2.05) is 19.9 Å². The molecule has 0 radical (unpaired) electrons. The predicted octanol–water partition coefficient (Wildman–Crippen LogP) is 2.15. The Balaban J connectivity index is 0.00000361. The summed E-state index contributed by atoms with van der Waals surface area (Å²) < 4.78 is 5.45. The number of aliphatic imine (C=N–C) groups is 1. The van der Waals surface area contributed by atoms with Gasteiger partial charge in [0, 0.05) is 13.1 Å². The Labute approximate surface area is 137 Å². The molecule has 1 atom stereocenters. The average molecular weight is 393 g/mol. The molecule has 1 aromatic heterocycles. The van der Waals surface area contributed by atoms with Crippen molar-refractivity contribution in [2.45, 2.75) is 26.4 Å². The minimum absolute atomic E-state index is 0. The Morgan fingerprint density at radius 1 is 1.50 bits per heavy atom. The number of nitrogens with zero attached hydrogens (tertiary/aromatic N) is 1. The van der Waals surface area contributed by atoms with Crippen molar-refractivity contribution >= 4 is 29.9 Å². The highest BCUT2D eigenvalue weighted by Gasteiger charge is 2.26. The highest BCUT2D eigenvalue weighted by molar-refractivity contribution is 14.0. The Morgan fingerprint density at radius 2 is 2.20 bits per heavy atom. The summed E-state index contributed by atoms with van der Waals surface area (Å²) in [5.41, 5.74) is -1.12. The van der Waals surface area contributed by atoms with Crippen molar-refractivity contribution < 1.29 is 9.52 Å². The molecule has 6 heteroatoms. The number of hydrogen-bond donors (Lipinski definition) is 3. The quantitative estimate of drug-likeness (QED) is 0.300. The molecule has 114 valence electrons. The maximum Gasteiger partial charge on any atom is 0.191 e. The molecule has 0 aromatic carbocycles. The molecule has 20 heavy (non-hydrogen) atoms. The van der Waals surface area contributed by atoms with Gasteiger partial charge in [-0.05, 0) is 32.9 Å². The maximum atomic E-state index is 10.4. The van der Waals surface area contributed by atoms with Crippen molar-refractivity contribution in [1.29, 1.82) is 0 Å². The number of halogens is 1. The molecule has 3 N–H and O–H groups in total. The number of guanidine groups is 1. The van der Waals surface area contributed by atoms with Gasteiger partial charge in [-0.2, -0.15) is 0 Å². The highest BCUT2D eigenvalue weighted by Crippen LogP contribution is 2.22. The van der Waals surface area contributed by atoms with E-state index in [9.17, 15) is 5.11 Å². The van der Waals surface area contributed by atoms with Crippen molar-refractivity contribution in [2.75, 3.05) is 19.6 Å². The summed E-state index contributed by atoms with van der Waals surface area (Å²) in [4.78, 5) is 4.34. The predicted molar refractivity (Wildman–Crippen MR) is 92.6 cm³/mol. The number of hydrogen-bond acceptors (Lipinski definition) is 3. The number of nitrogens with one attached hydrogen (secondary N) is 2. The fourth-order valence-electron chi connectivity index (χ4n) is 1.55. The molecule has 0 bridgehead atoms. The number of aryl methyl sites for hydroxylation is 1. The lowest BCUT2D eigenvalue weighted by molar-refractivity contribution is 0.0429. The molecule has 0 fully saturated rings. The molecule has 0 spiro atoms. The lowest BCUT2D eigenvalue weighted by Gasteiger charge is -2.19. The molecule has 1 unspecified atom stereocenters. The number of aliphatic hydroxyl groups is 1. The van der Waals surface area contributed by atoms with Gasteiger partial charge >= 0.3 is 0 Å². The standard InChI is InChI=1S/C14H23N3O2.HI/c1-5-9-16-13(15-6-2)17-10-14(4,18)12-8-7-11(3)19-12;/h5,7-8,18H,1,6,9-10H2,2-4H3,(H2,15,16,17);1H. The van der Waals surface area contributed by atoms with Gasteiger partial charge in [-0.25, -0.2) is 4.99 Å². The van der Waals surface area contributed by atoms with Gasteiger partial charge in [0.25, 0.3) is 0 Å². The topological polar surface area (TPSA) is 69.8 Å². The summed E-state index contributed by atoms with van der Waals surface area (Å²) in [5.74, 6) is 1.94. The SMILES string of the molecule is C=CCNC(=NCC(C)(O)c1ccc(C)o1)NCC.I. The van der Waals surface area contributed by atoms with Gasteiger partial charge in [0.15, 0.2) is 5.96 Å². The van der Waals surface area contributed by atoms with Crippen LogP contribution in [0.2, 0.25) is 0 Å². The molecule has 0 aliphatic heterocycles. The van der Waals surface area contributed by atoms with E-state index in [0.29, 0.717) is 18.3 Å². The van der Waals surface area contributed by atoms with Crippen molar-refractivity contribution in [1.82, 2.24) is 10.6 Å². The minimum atomic E-state index is -1.12. The van der Waals surface area contributed by atoms with E-state index in [1.54, 1.807) is 19.1 Å². The van der Waals surface area contributed by atoms with E-state index < -0.39 is 5.60 Å². The maximum absolute atomic E-state index is 10.4. The second kappa shape index (κ2) is 9.02. The van der Waals surface area contributed by atoms with Crippen LogP contribution < -0.4 is 10.6 Å². The molecule has 0 aliphatic rings. The van der Waals surface area contributed by atoms with Gasteiger partial charge in [-0.15, -0.1) is 30.6 Å². The second-order valence-corrected chi connectivity index (χ2v) is 4.55. The van der Waals surface area contributed by atoms with Crippen LogP contribution >= 0.6 is 24.0 Å². The van der Waals surface area contributed by atoms with Crippen molar-refractivity contribution in [2.24, 2.45) is 4.99 Å². The van der Waals surface area contributed by atoms with E-state index >= 15 is 0 Å². The molecule has 0 aliphatic carbocycles. The van der Waals surface area contributed by atoms with Gasteiger partial charge in [-0.1, -0.05) is 6.08 Å². The monoisotopic (exact) mass is 393 g/mol. The highest BCUT2D eigenvalue weighted by atomic mass is 127. The second-order valence-electron chi connectivity index (χ2n) is 4.55. The lowest BCUT2D eigenvalue weighted by atomic mass is 10.0. The molecule has 0 amide bonds. The first-order valence-corrected chi connectivity index (χ1v) is 6.42. The smallest absolute Gasteiger partial charge is 0.191 e. The fraction of sp³-hybridized carbons (Fsp3) is 0.500. The summed E-state index contributed by atoms with van der Waals surface area (Å²) in [6, 6.07) is 3.60. The zero-order valence-electron chi connectivity index (χ0n) is 12.3. The van der Waals surface area contributed by atoms with E-state index in [2.05, 4.69) is 22.2 Å². The fourth-order valence-corrected chi connectivity index (χ4v) is 1.55. The lowest BCUT2D eigenvalue weighted by Crippen LogP contribution is -2.38. The van der Waals surface area contributed by atoms with Crippen LogP contribution in [0, 0.1) is 6.92 Å². The summed E-state index contributed by atoms with van der Waals surface area (Å²) in [5, 5.41) is 16.5. The molecular formula is C14H24IN3O2. The number of rotatable bonds is 6. The minimum Gasteiger partial charge on any atom is -0.463 e. The van der Waals surface area contributed by atoms with Crippen LogP contribution in [0.15, 0.2) is 34.2 Å². The van der Waals surface area contributed by atoms with Gasteiger partial charge in [-0.3, -0.25) is 0 Å². The third-order valence-corrected chi connectivity index (χ3v) is 2.57. The van der Waals surface area contributed by atoms with Gasteiger partial charge in [0.2, 0.25) is 0 Å². The Bertz CT molecular complexity index is 441. The summed E-state index contributed by atoms with van der Waals surface area (Å²) in [7, 11) is 0. The Morgan fingerprint density at radius 3 is 2.70 bits per heavy atom. The van der Waals surface area contributed by atoms with Gasteiger partial charge < -0.3 is 20.2 Å². The largest absolute Gasteiger partial charge is 0.463 e. The van der Waals surface area contributed by atoms with E-state index in [0.717, 1.165) is 12.3 Å². The third kappa shape index (κ3) is 5.96. The molecule has 0 saturated carbocycles. The van der Waals surface area contributed by atoms with Crippen LogP contribution in [0.3, 0.4) is 0 Å². The summed E-state index contributed by atoms with van der Waals surface area (Å²) >= 11 is 0. The zero-order valence-corrected chi connectivity index (χ0v) is 14.6. The molecule has 1 aromatic rings. The Hall–Kier alpha value is -1.02. The van der Waals surface area contributed by atoms with Crippen LogP contribution in [-0.2, 0) is 5.60 Å². The normalized spacial score (nSPS) is 14.1. The molecule has 5 nitrogen and oxygen atoms in total. The Kier molecular flexibility index (Phi) is 8.56. The van der Waals surface area contributed by atoms with E-state index in [1.165, 1.54) is 0 Å². The molecule has 1 heterocycles. The van der Waals surface area contributed by atoms with E-state index in [-0.39, 0.29) is 30.5 Å². The first-order chi connectivity index (χ1) is 8.99. The van der Waals surface area contributed by atoms with Crippen LogP contribution in [0.1, 0.15) is 25.4 Å². The third-order valence-electron chi connectivity index (χ3n) is 2.57. The van der Waals surface area contributed by atoms with Crippen LogP contribution in [0.5, 0.6) is 0 Å².